The molecule has 46 heavy (non-hydrogen) atoms. The summed E-state index contributed by atoms with van der Waals surface area (Å²) < 4.78 is 2.42. The first-order valence-electron chi connectivity index (χ1n) is 17.0. The van der Waals surface area contributed by atoms with Gasteiger partial charge in [0.1, 0.15) is 0 Å². The molecule has 1 aromatic heterocycles. The average Bonchev–Trinajstić information content (AvgIpc) is 3.41. The lowest BCUT2D eigenvalue weighted by Crippen LogP contribution is -2.19. The summed E-state index contributed by atoms with van der Waals surface area (Å²) in [5.41, 5.74) is 18.3. The first-order valence-corrected chi connectivity index (χ1v) is 17.0. The van der Waals surface area contributed by atoms with Crippen LogP contribution < -0.4 is 0 Å². The van der Waals surface area contributed by atoms with Crippen LogP contribution in [-0.2, 0) is 19.3 Å². The van der Waals surface area contributed by atoms with Crippen LogP contribution in [0.3, 0.4) is 0 Å². The van der Waals surface area contributed by atoms with Crippen LogP contribution >= 0.6 is 0 Å². The van der Waals surface area contributed by atoms with Crippen LogP contribution in [0.15, 0.2) is 109 Å². The molecule has 3 aliphatic carbocycles. The monoisotopic (exact) mass is 593 g/mol. The third kappa shape index (κ3) is 4.22. The zero-order chi connectivity index (χ0) is 30.9. The molecule has 1 nitrogen and oxygen atoms in total. The summed E-state index contributed by atoms with van der Waals surface area (Å²) in [6.07, 6.45) is 15.6. The molecule has 5 aromatic carbocycles. The van der Waals surface area contributed by atoms with Crippen molar-refractivity contribution in [3.63, 3.8) is 0 Å². The number of nitrogens with zero attached hydrogens (tertiary/aromatic N) is 1. The second-order valence-electron chi connectivity index (χ2n) is 13.9. The molecule has 3 aliphatic rings. The number of rotatable bonds is 3. The highest BCUT2D eigenvalue weighted by Crippen LogP contribution is 2.49. The van der Waals surface area contributed by atoms with Crippen molar-refractivity contribution >= 4 is 45.6 Å². The van der Waals surface area contributed by atoms with Gasteiger partial charge in [0.05, 0.1) is 11.0 Å². The molecule has 0 aliphatic heterocycles. The largest absolute Gasteiger partial charge is 0.309 e. The first-order chi connectivity index (χ1) is 22.5. The summed E-state index contributed by atoms with van der Waals surface area (Å²) >= 11 is 0. The molecule has 0 radical (unpaired) electrons. The Balaban J connectivity index is 1.33. The zero-order valence-corrected chi connectivity index (χ0v) is 26.9. The van der Waals surface area contributed by atoms with Gasteiger partial charge in [0.2, 0.25) is 0 Å². The van der Waals surface area contributed by atoms with Gasteiger partial charge < -0.3 is 4.57 Å². The highest BCUT2D eigenvalue weighted by molar-refractivity contribution is 6.11. The summed E-state index contributed by atoms with van der Waals surface area (Å²) in [6.45, 7) is 7.18. The Labute approximate surface area is 272 Å². The fourth-order valence-electron chi connectivity index (χ4n) is 8.56. The normalized spacial score (nSPS) is 20.0. The van der Waals surface area contributed by atoms with Gasteiger partial charge in [-0.2, -0.15) is 0 Å². The fraction of sp³-hybridized carbons (Fsp3) is 0.200. The Morgan fingerprint density at radius 3 is 2.04 bits per heavy atom. The van der Waals surface area contributed by atoms with Crippen molar-refractivity contribution in [1.82, 2.24) is 4.57 Å². The van der Waals surface area contributed by atoms with Crippen molar-refractivity contribution < 1.29 is 0 Å². The second kappa shape index (κ2) is 10.6. The maximum atomic E-state index is 2.51. The summed E-state index contributed by atoms with van der Waals surface area (Å²) in [7, 11) is 0. The molecule has 0 N–H and O–H groups in total. The van der Waals surface area contributed by atoms with Crippen molar-refractivity contribution in [2.45, 2.75) is 40.0 Å². The topological polar surface area (TPSA) is 4.93 Å². The van der Waals surface area contributed by atoms with Crippen molar-refractivity contribution in [3.05, 3.63) is 148 Å². The number of benzene rings is 5. The van der Waals surface area contributed by atoms with E-state index in [1.54, 1.807) is 0 Å². The molecule has 9 rings (SSSR count). The molecule has 0 spiro atoms. The minimum absolute atomic E-state index is 0.475. The quantitative estimate of drug-likeness (QED) is 0.192. The Bertz CT molecular complexity index is 2270. The zero-order valence-electron chi connectivity index (χ0n) is 26.9. The number of para-hydroxylation sites is 2. The number of hydrogen-bond acceptors (Lipinski definition) is 0. The Kier molecular flexibility index (Phi) is 6.32. The second-order valence-corrected chi connectivity index (χ2v) is 13.9. The molecule has 0 saturated carbocycles. The molecular weight excluding hydrogens is 555 g/mol. The molecule has 0 saturated heterocycles. The van der Waals surface area contributed by atoms with E-state index in [1.165, 1.54) is 83.1 Å². The van der Waals surface area contributed by atoms with E-state index in [-0.39, 0.29) is 0 Å². The SMILES string of the molecule is CC1C=Cc2c(c(C3=Cc4ccccc4CC3C)c3c(c2-c2ccc4c(c2)c2ccccc2n4-c2ccccc2)CC(C)C=C3)C1. The highest BCUT2D eigenvalue weighted by Gasteiger charge is 2.31. The maximum Gasteiger partial charge on any atom is 0.0541 e. The van der Waals surface area contributed by atoms with Crippen molar-refractivity contribution in [1.29, 1.82) is 0 Å². The van der Waals surface area contributed by atoms with Gasteiger partial charge in [-0.3, -0.25) is 0 Å². The number of fused-ring (bicyclic) bond motifs is 6. The summed E-state index contributed by atoms with van der Waals surface area (Å²) in [5, 5.41) is 2.62. The lowest BCUT2D eigenvalue weighted by molar-refractivity contribution is 0.696. The van der Waals surface area contributed by atoms with Gasteiger partial charge in [0, 0.05) is 16.5 Å². The van der Waals surface area contributed by atoms with Gasteiger partial charge in [-0.15, -0.1) is 0 Å². The van der Waals surface area contributed by atoms with Gasteiger partial charge in [-0.05, 0) is 123 Å². The standard InChI is InChI=1S/C45H39N/c1-28-18-21-37-40(23-28)44(33-19-22-43-39(27-33)35-15-9-10-16-42(35)46(43)34-13-5-4-6-14-34)36-20-17-29(2)24-41(36)45(37)38-26-32-12-8-7-11-31(32)25-30(38)3/h4-22,26-30H,23-25H2,1-3H3. The molecule has 0 amide bonds. The lowest BCUT2D eigenvalue weighted by Gasteiger charge is -2.34. The van der Waals surface area contributed by atoms with Crippen LogP contribution in [0.4, 0.5) is 0 Å². The Morgan fingerprint density at radius 1 is 0.587 bits per heavy atom. The van der Waals surface area contributed by atoms with Crippen molar-refractivity contribution in [3.8, 4) is 16.8 Å². The number of hydrogen-bond donors (Lipinski definition) is 0. The molecule has 224 valence electrons. The van der Waals surface area contributed by atoms with Gasteiger partial charge in [-0.25, -0.2) is 0 Å². The predicted molar refractivity (Wildman–Crippen MR) is 197 cm³/mol. The minimum atomic E-state index is 0.475. The molecule has 1 heterocycles. The van der Waals surface area contributed by atoms with Crippen LogP contribution in [0.25, 0.3) is 62.4 Å². The Morgan fingerprint density at radius 2 is 1.24 bits per heavy atom. The first kappa shape index (κ1) is 27.4. The van der Waals surface area contributed by atoms with E-state index in [0.29, 0.717) is 17.8 Å². The third-order valence-corrected chi connectivity index (χ3v) is 10.7. The maximum absolute atomic E-state index is 2.51. The van der Waals surface area contributed by atoms with Crippen LogP contribution in [0.2, 0.25) is 0 Å². The average molecular weight is 594 g/mol. The van der Waals surface area contributed by atoms with Gasteiger partial charge >= 0.3 is 0 Å². The molecule has 6 aromatic rings. The summed E-state index contributed by atoms with van der Waals surface area (Å²) in [5.74, 6) is 1.50. The van der Waals surface area contributed by atoms with E-state index in [2.05, 4.69) is 153 Å². The van der Waals surface area contributed by atoms with Gasteiger partial charge in [0.25, 0.3) is 0 Å². The third-order valence-electron chi connectivity index (χ3n) is 10.7. The van der Waals surface area contributed by atoms with Crippen LogP contribution in [0.5, 0.6) is 0 Å². The smallest absolute Gasteiger partial charge is 0.0541 e. The van der Waals surface area contributed by atoms with Crippen LogP contribution in [-0.4, -0.2) is 4.57 Å². The van der Waals surface area contributed by atoms with E-state index >= 15 is 0 Å². The molecule has 3 unspecified atom stereocenters. The van der Waals surface area contributed by atoms with Crippen molar-refractivity contribution in [2.75, 3.05) is 0 Å². The molecular formula is C45H39N. The van der Waals surface area contributed by atoms with Crippen LogP contribution in [0.1, 0.15) is 59.7 Å². The van der Waals surface area contributed by atoms with Crippen molar-refractivity contribution in [2.24, 2.45) is 17.8 Å². The van der Waals surface area contributed by atoms with E-state index in [4.69, 9.17) is 0 Å². The van der Waals surface area contributed by atoms with Gasteiger partial charge in [-0.1, -0.05) is 118 Å². The van der Waals surface area contributed by atoms with E-state index in [1.807, 2.05) is 0 Å². The summed E-state index contributed by atoms with van der Waals surface area (Å²) in [4.78, 5) is 0. The minimum Gasteiger partial charge on any atom is -0.309 e. The summed E-state index contributed by atoms with van der Waals surface area (Å²) in [6, 6.07) is 35.9. The molecule has 0 bridgehead atoms. The highest BCUT2D eigenvalue weighted by atomic mass is 15.0. The van der Waals surface area contributed by atoms with E-state index < -0.39 is 0 Å². The molecule has 1 heteroatoms. The Hall–Kier alpha value is -4.88. The fourth-order valence-corrected chi connectivity index (χ4v) is 8.56. The van der Waals surface area contributed by atoms with E-state index in [9.17, 15) is 0 Å². The lowest BCUT2D eigenvalue weighted by atomic mass is 9.70. The van der Waals surface area contributed by atoms with E-state index in [0.717, 1.165) is 19.3 Å². The predicted octanol–water partition coefficient (Wildman–Crippen LogP) is 11.6. The van der Waals surface area contributed by atoms with Crippen LogP contribution in [0, 0.1) is 17.8 Å². The number of allylic oxidation sites excluding steroid dienone is 3. The molecule has 3 atom stereocenters. The van der Waals surface area contributed by atoms with Gasteiger partial charge in [0.15, 0.2) is 0 Å². The molecule has 0 fully saturated rings. The number of aromatic nitrogens is 1.